The number of nitrogens with zero attached hydrogens (tertiary/aromatic N) is 3. The van der Waals surface area contributed by atoms with Crippen LogP contribution in [0, 0.1) is 0 Å². The van der Waals surface area contributed by atoms with Crippen molar-refractivity contribution in [3.8, 4) is 0 Å². The van der Waals surface area contributed by atoms with Crippen LogP contribution in [-0.2, 0) is 22.7 Å². The minimum atomic E-state index is -0.745. The molecule has 0 radical (unpaired) electrons. The van der Waals surface area contributed by atoms with Crippen molar-refractivity contribution in [2.75, 3.05) is 0 Å². The monoisotopic (exact) mass is 365 g/mol. The Balaban J connectivity index is 1.58. The van der Waals surface area contributed by atoms with Crippen LogP contribution >= 0.6 is 0 Å². The number of fused-ring (bicyclic) bond motifs is 1. The van der Waals surface area contributed by atoms with Crippen molar-refractivity contribution in [1.29, 1.82) is 0 Å². The third-order valence-corrected chi connectivity index (χ3v) is 4.00. The first kappa shape index (κ1) is 18.2. The number of hydrogen-bond donors (Lipinski definition) is 2. The minimum absolute atomic E-state index is 0.313. The fourth-order valence-electron chi connectivity index (χ4n) is 2.55. The predicted molar refractivity (Wildman–Crippen MR) is 99.7 cm³/mol. The van der Waals surface area contributed by atoms with E-state index in [-0.39, 0.29) is 12.5 Å². The van der Waals surface area contributed by atoms with Gasteiger partial charge in [0.2, 0.25) is 11.8 Å². The van der Waals surface area contributed by atoms with Gasteiger partial charge in [0.15, 0.2) is 0 Å². The summed E-state index contributed by atoms with van der Waals surface area (Å²) >= 11 is 0. The zero-order valence-electron chi connectivity index (χ0n) is 14.8. The summed E-state index contributed by atoms with van der Waals surface area (Å²) in [7, 11) is 0. The maximum Gasteiger partial charge on any atom is 0.278 e. The molecule has 2 N–H and O–H groups in total. The van der Waals surface area contributed by atoms with Crippen LogP contribution < -0.4 is 16.2 Å². The van der Waals surface area contributed by atoms with E-state index >= 15 is 0 Å². The molecular formula is C19H19N5O3. The fraction of sp³-hybridized carbons (Fsp3) is 0.211. The highest BCUT2D eigenvalue weighted by molar-refractivity contribution is 5.87. The van der Waals surface area contributed by atoms with Gasteiger partial charge in [0, 0.05) is 6.54 Å². The quantitative estimate of drug-likeness (QED) is 0.666. The molecule has 0 aliphatic heterocycles. The number of hydrogen-bond acceptors (Lipinski definition) is 5. The highest BCUT2D eigenvalue weighted by Crippen LogP contribution is 2.03. The van der Waals surface area contributed by atoms with Gasteiger partial charge >= 0.3 is 0 Å². The average molecular weight is 365 g/mol. The van der Waals surface area contributed by atoms with Crippen molar-refractivity contribution >= 4 is 22.7 Å². The predicted octanol–water partition coefficient (Wildman–Crippen LogP) is 0.613. The van der Waals surface area contributed by atoms with Gasteiger partial charge in [-0.3, -0.25) is 14.4 Å². The van der Waals surface area contributed by atoms with Crippen LogP contribution in [0.3, 0.4) is 0 Å². The molecule has 8 nitrogen and oxygen atoms in total. The Kier molecular flexibility index (Phi) is 5.55. The zero-order valence-corrected chi connectivity index (χ0v) is 14.8. The molecule has 138 valence electrons. The van der Waals surface area contributed by atoms with Gasteiger partial charge in [0.05, 0.1) is 5.39 Å². The lowest BCUT2D eigenvalue weighted by atomic mass is 10.2. The van der Waals surface area contributed by atoms with Gasteiger partial charge in [-0.05, 0) is 24.6 Å². The van der Waals surface area contributed by atoms with Crippen molar-refractivity contribution < 1.29 is 9.59 Å². The van der Waals surface area contributed by atoms with Crippen LogP contribution in [0.4, 0.5) is 0 Å². The second-order valence-corrected chi connectivity index (χ2v) is 6.06. The Bertz CT molecular complexity index is 1020. The standard InChI is InChI=1S/C19H19N5O3/c1-13(18(26)20-11-14-7-3-2-4-8-14)21-17(25)12-24-19(27)15-9-5-6-10-16(15)22-23-24/h2-10,13H,11-12H2,1H3,(H,20,26)(H,21,25). The van der Waals surface area contributed by atoms with E-state index in [1.54, 1.807) is 31.2 Å². The summed E-state index contributed by atoms with van der Waals surface area (Å²) in [5, 5.41) is 13.4. The number of amides is 2. The van der Waals surface area contributed by atoms with E-state index < -0.39 is 17.5 Å². The fourth-order valence-corrected chi connectivity index (χ4v) is 2.55. The highest BCUT2D eigenvalue weighted by Gasteiger charge is 2.16. The van der Waals surface area contributed by atoms with Crippen LogP contribution in [-0.4, -0.2) is 32.9 Å². The van der Waals surface area contributed by atoms with Crippen molar-refractivity contribution in [1.82, 2.24) is 25.6 Å². The number of benzene rings is 2. The molecule has 1 atom stereocenters. The molecule has 0 aliphatic carbocycles. The molecule has 0 fully saturated rings. The van der Waals surface area contributed by atoms with Gasteiger partial charge in [-0.2, -0.15) is 0 Å². The second kappa shape index (κ2) is 8.22. The molecule has 0 saturated carbocycles. The topological polar surface area (TPSA) is 106 Å². The number of nitrogens with one attached hydrogen (secondary N) is 2. The Morgan fingerprint density at radius 1 is 1.07 bits per heavy atom. The summed E-state index contributed by atoms with van der Waals surface area (Å²) in [6.07, 6.45) is 0. The molecule has 1 heterocycles. The molecule has 2 amide bonds. The maximum absolute atomic E-state index is 12.3. The summed E-state index contributed by atoms with van der Waals surface area (Å²) in [5.41, 5.74) is 1.02. The van der Waals surface area contributed by atoms with Crippen LogP contribution in [0.25, 0.3) is 10.9 Å². The molecule has 0 saturated heterocycles. The van der Waals surface area contributed by atoms with Crippen LogP contribution in [0.2, 0.25) is 0 Å². The maximum atomic E-state index is 12.3. The molecule has 0 aliphatic rings. The SMILES string of the molecule is CC(NC(=O)Cn1nnc2ccccc2c1=O)C(=O)NCc1ccccc1. The molecule has 1 aromatic heterocycles. The minimum Gasteiger partial charge on any atom is -0.350 e. The number of carbonyl (C=O) groups excluding carboxylic acids is 2. The van der Waals surface area contributed by atoms with Crippen molar-refractivity contribution in [2.24, 2.45) is 0 Å². The first-order valence-electron chi connectivity index (χ1n) is 8.48. The smallest absolute Gasteiger partial charge is 0.278 e. The van der Waals surface area contributed by atoms with E-state index in [9.17, 15) is 14.4 Å². The molecule has 8 heteroatoms. The van der Waals surface area contributed by atoms with Gasteiger partial charge in [-0.15, -0.1) is 5.10 Å². The number of rotatable bonds is 6. The average Bonchev–Trinajstić information content (AvgIpc) is 2.69. The molecule has 1 unspecified atom stereocenters. The van der Waals surface area contributed by atoms with Gasteiger partial charge in [0.25, 0.3) is 5.56 Å². The van der Waals surface area contributed by atoms with Gasteiger partial charge in [-0.1, -0.05) is 47.7 Å². The van der Waals surface area contributed by atoms with E-state index in [0.717, 1.165) is 10.2 Å². The van der Waals surface area contributed by atoms with E-state index in [0.29, 0.717) is 17.4 Å². The Hall–Kier alpha value is -3.55. The van der Waals surface area contributed by atoms with E-state index in [1.807, 2.05) is 30.3 Å². The van der Waals surface area contributed by atoms with Crippen LogP contribution in [0.5, 0.6) is 0 Å². The Morgan fingerprint density at radius 3 is 2.56 bits per heavy atom. The molecule has 0 spiro atoms. The summed E-state index contributed by atoms with van der Waals surface area (Å²) in [4.78, 5) is 36.6. The number of carbonyl (C=O) groups is 2. The first-order chi connectivity index (χ1) is 13.0. The lowest BCUT2D eigenvalue weighted by molar-refractivity contribution is -0.129. The van der Waals surface area contributed by atoms with Crippen molar-refractivity contribution in [3.63, 3.8) is 0 Å². The summed E-state index contributed by atoms with van der Waals surface area (Å²) < 4.78 is 0.978. The Labute approximate surface area is 155 Å². The normalized spacial score (nSPS) is 11.7. The molecule has 27 heavy (non-hydrogen) atoms. The molecule has 3 rings (SSSR count). The largest absolute Gasteiger partial charge is 0.350 e. The second-order valence-electron chi connectivity index (χ2n) is 6.06. The Morgan fingerprint density at radius 2 is 1.78 bits per heavy atom. The van der Waals surface area contributed by atoms with Crippen molar-refractivity contribution in [3.05, 3.63) is 70.5 Å². The summed E-state index contributed by atoms with van der Waals surface area (Å²) in [6.45, 7) is 1.63. The van der Waals surface area contributed by atoms with E-state index in [2.05, 4.69) is 20.9 Å². The molecule has 0 bridgehead atoms. The first-order valence-corrected chi connectivity index (χ1v) is 8.48. The molecule has 3 aromatic rings. The summed E-state index contributed by atoms with van der Waals surface area (Å²) in [6, 6.07) is 15.5. The van der Waals surface area contributed by atoms with Gasteiger partial charge in [-0.25, -0.2) is 4.68 Å². The van der Waals surface area contributed by atoms with Crippen LogP contribution in [0.15, 0.2) is 59.4 Å². The van der Waals surface area contributed by atoms with E-state index in [4.69, 9.17) is 0 Å². The summed E-state index contributed by atoms with van der Waals surface area (Å²) in [5.74, 6) is -0.812. The lowest BCUT2D eigenvalue weighted by Crippen LogP contribution is -2.46. The highest BCUT2D eigenvalue weighted by atomic mass is 16.2. The third-order valence-electron chi connectivity index (χ3n) is 4.00. The van der Waals surface area contributed by atoms with Crippen LogP contribution in [0.1, 0.15) is 12.5 Å². The lowest BCUT2D eigenvalue weighted by Gasteiger charge is -2.14. The number of aromatic nitrogens is 3. The molecule has 2 aromatic carbocycles. The van der Waals surface area contributed by atoms with Crippen molar-refractivity contribution in [2.45, 2.75) is 26.1 Å². The zero-order chi connectivity index (χ0) is 19.2. The molecular weight excluding hydrogens is 346 g/mol. The van der Waals surface area contributed by atoms with E-state index in [1.165, 1.54) is 0 Å². The third kappa shape index (κ3) is 4.55. The van der Waals surface area contributed by atoms with Gasteiger partial charge in [0.1, 0.15) is 18.1 Å². The van der Waals surface area contributed by atoms with Gasteiger partial charge < -0.3 is 10.6 Å².